The first-order valence-electron chi connectivity index (χ1n) is 7.61. The van der Waals surface area contributed by atoms with Crippen molar-refractivity contribution in [1.82, 2.24) is 0 Å². The lowest BCUT2D eigenvalue weighted by atomic mass is 10.3. The van der Waals surface area contributed by atoms with Crippen molar-refractivity contribution in [2.45, 2.75) is 79.6 Å². The lowest BCUT2D eigenvalue weighted by Crippen LogP contribution is -1.61. The van der Waals surface area contributed by atoms with Gasteiger partial charge in [-0.15, -0.1) is 6.58 Å². The molecular formula is C18H36. The number of hydrogen-bond donors (Lipinski definition) is 0. The maximum Gasteiger partial charge on any atom is -0.0353 e. The molecule has 0 fully saturated rings. The molecule has 0 aromatic carbocycles. The Morgan fingerprint density at radius 1 is 0.778 bits per heavy atom. The third-order valence-corrected chi connectivity index (χ3v) is 2.09. The predicted molar refractivity (Wildman–Crippen MR) is 89.2 cm³/mol. The minimum atomic E-state index is 1.17. The van der Waals surface area contributed by atoms with E-state index in [0.717, 1.165) is 0 Å². The van der Waals surface area contributed by atoms with Crippen LogP contribution in [0.15, 0.2) is 37.0 Å². The van der Waals surface area contributed by atoms with Gasteiger partial charge < -0.3 is 0 Å². The van der Waals surface area contributed by atoms with Crippen molar-refractivity contribution in [3.63, 3.8) is 0 Å². The summed E-state index contributed by atoms with van der Waals surface area (Å²) in [5, 5.41) is 0. The van der Waals surface area contributed by atoms with Crippen LogP contribution in [0.4, 0.5) is 0 Å². The summed E-state index contributed by atoms with van der Waals surface area (Å²) in [4.78, 5) is 0. The van der Waals surface area contributed by atoms with Gasteiger partial charge in [0.25, 0.3) is 0 Å². The fourth-order valence-corrected chi connectivity index (χ4v) is 1.02. The molecule has 0 heteroatoms. The SMILES string of the molecule is C=CCCCC.CC=CCCC.CCC=CCC. The van der Waals surface area contributed by atoms with Crippen LogP contribution in [0.3, 0.4) is 0 Å². The topological polar surface area (TPSA) is 0 Å². The Labute approximate surface area is 117 Å². The third kappa shape index (κ3) is 45.5. The molecule has 0 saturated heterocycles. The molecule has 18 heavy (non-hydrogen) atoms. The Kier molecular flexibility index (Phi) is 37.1. The van der Waals surface area contributed by atoms with E-state index in [1.54, 1.807) is 0 Å². The molecule has 108 valence electrons. The minimum Gasteiger partial charge on any atom is -0.103 e. The molecule has 0 amide bonds. The lowest BCUT2D eigenvalue weighted by molar-refractivity contribution is 0.816. The van der Waals surface area contributed by atoms with Crippen LogP contribution in [0.5, 0.6) is 0 Å². The zero-order chi connectivity index (χ0) is 14.5. The largest absolute Gasteiger partial charge is 0.103 e. The van der Waals surface area contributed by atoms with Crippen LogP contribution < -0.4 is 0 Å². The average Bonchev–Trinajstić information content (AvgIpc) is 2.42. The molecule has 0 saturated carbocycles. The fraction of sp³-hybridized carbons (Fsp3) is 0.667. The number of unbranched alkanes of at least 4 members (excludes halogenated alkanes) is 3. The van der Waals surface area contributed by atoms with Gasteiger partial charge in [0.1, 0.15) is 0 Å². The summed E-state index contributed by atoms with van der Waals surface area (Å²) >= 11 is 0. The van der Waals surface area contributed by atoms with Crippen LogP contribution in [0.1, 0.15) is 79.6 Å². The van der Waals surface area contributed by atoms with Gasteiger partial charge in [0.2, 0.25) is 0 Å². The van der Waals surface area contributed by atoms with Gasteiger partial charge in [-0.1, -0.05) is 77.3 Å². The molecule has 0 N–H and O–H groups in total. The van der Waals surface area contributed by atoms with Crippen molar-refractivity contribution in [1.29, 1.82) is 0 Å². The highest BCUT2D eigenvalue weighted by molar-refractivity contribution is 4.77. The van der Waals surface area contributed by atoms with Gasteiger partial charge in [0.05, 0.1) is 0 Å². The van der Waals surface area contributed by atoms with Crippen molar-refractivity contribution in [2.75, 3.05) is 0 Å². The van der Waals surface area contributed by atoms with E-state index in [0.29, 0.717) is 0 Å². The molecule has 0 spiro atoms. The highest BCUT2D eigenvalue weighted by Gasteiger charge is 1.71. The smallest absolute Gasteiger partial charge is 0.0353 e. The first-order chi connectivity index (χ1) is 8.74. The van der Waals surface area contributed by atoms with Crippen LogP contribution >= 0.6 is 0 Å². The Hall–Kier alpha value is -0.780. The quantitative estimate of drug-likeness (QED) is 0.335. The lowest BCUT2D eigenvalue weighted by Gasteiger charge is -1.81. The molecule has 0 rings (SSSR count). The van der Waals surface area contributed by atoms with Gasteiger partial charge in [-0.05, 0) is 32.6 Å². The van der Waals surface area contributed by atoms with Gasteiger partial charge in [-0.25, -0.2) is 0 Å². The van der Waals surface area contributed by atoms with E-state index in [1.165, 1.54) is 44.9 Å². The second-order valence-corrected chi connectivity index (χ2v) is 4.08. The van der Waals surface area contributed by atoms with E-state index in [2.05, 4.69) is 65.5 Å². The Bertz CT molecular complexity index is 157. The van der Waals surface area contributed by atoms with Crippen LogP contribution in [-0.4, -0.2) is 0 Å². The molecule has 0 bridgehead atoms. The molecule has 0 heterocycles. The third-order valence-electron chi connectivity index (χ3n) is 2.09. The van der Waals surface area contributed by atoms with Gasteiger partial charge in [0, 0.05) is 0 Å². The number of rotatable bonds is 7. The molecule has 0 atom stereocenters. The van der Waals surface area contributed by atoms with Crippen molar-refractivity contribution in [2.24, 2.45) is 0 Å². The molecular weight excluding hydrogens is 216 g/mol. The monoisotopic (exact) mass is 252 g/mol. The van der Waals surface area contributed by atoms with Gasteiger partial charge >= 0.3 is 0 Å². The van der Waals surface area contributed by atoms with Crippen molar-refractivity contribution in [3.05, 3.63) is 37.0 Å². The normalized spacial score (nSPS) is 9.61. The summed E-state index contributed by atoms with van der Waals surface area (Å²) < 4.78 is 0. The maximum absolute atomic E-state index is 3.60. The fourth-order valence-electron chi connectivity index (χ4n) is 1.02. The van der Waals surface area contributed by atoms with Crippen molar-refractivity contribution >= 4 is 0 Å². The summed E-state index contributed by atoms with van der Waals surface area (Å²) in [5.41, 5.74) is 0. The number of allylic oxidation sites excluding steroid dienone is 5. The average molecular weight is 252 g/mol. The zero-order valence-electron chi connectivity index (χ0n) is 13.5. The summed E-state index contributed by atoms with van der Waals surface area (Å²) in [6.45, 7) is 14.3. The Morgan fingerprint density at radius 2 is 1.33 bits per heavy atom. The second-order valence-electron chi connectivity index (χ2n) is 4.08. The van der Waals surface area contributed by atoms with E-state index >= 15 is 0 Å². The molecule has 0 radical (unpaired) electrons. The van der Waals surface area contributed by atoms with Crippen LogP contribution in [0.25, 0.3) is 0 Å². The van der Waals surface area contributed by atoms with E-state index in [1.807, 2.05) is 6.08 Å². The molecule has 0 nitrogen and oxygen atoms in total. The molecule has 0 aliphatic heterocycles. The molecule has 0 aliphatic rings. The summed E-state index contributed by atoms with van der Waals surface area (Å²) in [6.07, 6.45) is 19.2. The van der Waals surface area contributed by atoms with Crippen LogP contribution in [0.2, 0.25) is 0 Å². The first kappa shape index (κ1) is 22.4. The van der Waals surface area contributed by atoms with E-state index in [4.69, 9.17) is 0 Å². The number of hydrogen-bond acceptors (Lipinski definition) is 0. The summed E-state index contributed by atoms with van der Waals surface area (Å²) in [7, 11) is 0. The highest BCUT2D eigenvalue weighted by atomic mass is 13.8. The summed E-state index contributed by atoms with van der Waals surface area (Å²) in [5.74, 6) is 0. The molecule has 0 aromatic rings. The molecule has 0 aromatic heterocycles. The minimum absolute atomic E-state index is 1.17. The van der Waals surface area contributed by atoms with Gasteiger partial charge in [0.15, 0.2) is 0 Å². The van der Waals surface area contributed by atoms with E-state index in [-0.39, 0.29) is 0 Å². The van der Waals surface area contributed by atoms with E-state index < -0.39 is 0 Å². The standard InChI is InChI=1S/3C6H12/c3*1-3-5-6-4-2/h5-6H,3-4H2,1-2H3;3,5H,4,6H2,1-2H3;3H,1,4-6H2,2H3. The van der Waals surface area contributed by atoms with Gasteiger partial charge in [-0.3, -0.25) is 0 Å². The first-order valence-corrected chi connectivity index (χ1v) is 7.61. The van der Waals surface area contributed by atoms with E-state index in [9.17, 15) is 0 Å². The molecule has 0 unspecified atom stereocenters. The van der Waals surface area contributed by atoms with Crippen LogP contribution in [0, 0.1) is 0 Å². The zero-order valence-corrected chi connectivity index (χ0v) is 13.5. The maximum atomic E-state index is 3.60. The highest BCUT2D eigenvalue weighted by Crippen LogP contribution is 1.91. The van der Waals surface area contributed by atoms with Gasteiger partial charge in [-0.2, -0.15) is 0 Å². The Morgan fingerprint density at radius 3 is 1.50 bits per heavy atom. The van der Waals surface area contributed by atoms with Crippen molar-refractivity contribution in [3.8, 4) is 0 Å². The van der Waals surface area contributed by atoms with Crippen LogP contribution in [-0.2, 0) is 0 Å². The van der Waals surface area contributed by atoms with Crippen molar-refractivity contribution < 1.29 is 0 Å². The summed E-state index contributed by atoms with van der Waals surface area (Å²) in [6, 6.07) is 0. The molecule has 0 aliphatic carbocycles. The Balaban J connectivity index is -0.000000187. The second kappa shape index (κ2) is 29.8. The predicted octanol–water partition coefficient (Wildman–Crippen LogP) is 7.09.